The van der Waals surface area contributed by atoms with Crippen LogP contribution < -0.4 is 0 Å². The average Bonchev–Trinajstić information content (AvgIpc) is 2.65. The second-order valence-corrected chi connectivity index (χ2v) is 2.98. The minimum atomic E-state index is 0.987. The highest BCUT2D eigenvalue weighted by molar-refractivity contribution is 6.05. The highest BCUT2D eigenvalue weighted by Gasteiger charge is 2.00. The third-order valence-corrected chi connectivity index (χ3v) is 2.24. The first-order valence-corrected chi connectivity index (χ1v) is 4.11. The lowest BCUT2D eigenvalue weighted by Crippen LogP contribution is -1.75. The molecule has 0 amide bonds. The number of hydrogen-bond donors (Lipinski definition) is 1. The number of hydrogen-bond acceptors (Lipinski definition) is 2. The molecule has 0 radical (unpaired) electrons. The van der Waals surface area contributed by atoms with E-state index >= 15 is 0 Å². The van der Waals surface area contributed by atoms with Crippen molar-refractivity contribution in [3.63, 3.8) is 0 Å². The van der Waals surface area contributed by atoms with Gasteiger partial charge in [0, 0.05) is 29.4 Å². The molecule has 3 rings (SSSR count). The fourth-order valence-electron chi connectivity index (χ4n) is 1.59. The summed E-state index contributed by atoms with van der Waals surface area (Å²) in [5.74, 6) is 0. The Morgan fingerprint density at radius 1 is 1.08 bits per heavy atom. The van der Waals surface area contributed by atoms with Crippen LogP contribution in [0.4, 0.5) is 0 Å². The zero-order chi connectivity index (χ0) is 8.67. The maximum Gasteiger partial charge on any atom is 0.0927 e. The van der Waals surface area contributed by atoms with Crippen molar-refractivity contribution in [3.05, 3.63) is 36.8 Å². The van der Waals surface area contributed by atoms with Gasteiger partial charge in [-0.15, -0.1) is 0 Å². The molecule has 3 aromatic rings. The van der Waals surface area contributed by atoms with Gasteiger partial charge in [-0.1, -0.05) is 6.07 Å². The summed E-state index contributed by atoms with van der Waals surface area (Å²) in [4.78, 5) is 4.10. The van der Waals surface area contributed by atoms with E-state index in [1.807, 2.05) is 24.5 Å². The van der Waals surface area contributed by atoms with Crippen LogP contribution >= 0.6 is 0 Å². The summed E-state index contributed by atoms with van der Waals surface area (Å²) in [6.07, 6.45) is 5.57. The van der Waals surface area contributed by atoms with E-state index in [1.54, 1.807) is 6.20 Å². The molecular formula is C10H7N3. The number of nitrogens with zero attached hydrogens (tertiary/aromatic N) is 2. The van der Waals surface area contributed by atoms with Gasteiger partial charge in [0.25, 0.3) is 0 Å². The molecule has 0 saturated heterocycles. The fraction of sp³-hybridized carbons (Fsp3) is 0. The maximum atomic E-state index is 4.12. The highest BCUT2D eigenvalue weighted by Crippen LogP contribution is 2.21. The van der Waals surface area contributed by atoms with Crippen LogP contribution in [0, 0.1) is 0 Å². The van der Waals surface area contributed by atoms with Gasteiger partial charge in [0.1, 0.15) is 0 Å². The first-order valence-electron chi connectivity index (χ1n) is 4.11. The Morgan fingerprint density at radius 3 is 3.08 bits per heavy atom. The normalized spacial score (nSPS) is 11.1. The molecule has 0 atom stereocenters. The molecule has 0 aliphatic heterocycles. The Balaban J connectivity index is 2.65. The molecule has 3 nitrogen and oxygen atoms in total. The highest BCUT2D eigenvalue weighted by atomic mass is 15.1. The van der Waals surface area contributed by atoms with Gasteiger partial charge in [0.05, 0.1) is 5.52 Å². The summed E-state index contributed by atoms with van der Waals surface area (Å²) >= 11 is 0. The Bertz CT molecular complexity index is 568. The Kier molecular flexibility index (Phi) is 1.16. The second-order valence-electron chi connectivity index (χ2n) is 2.98. The van der Waals surface area contributed by atoms with Crippen molar-refractivity contribution >= 4 is 21.7 Å². The molecule has 0 aliphatic carbocycles. The van der Waals surface area contributed by atoms with Gasteiger partial charge in [-0.05, 0) is 17.5 Å². The number of rotatable bonds is 0. The van der Waals surface area contributed by atoms with Crippen molar-refractivity contribution in [2.75, 3.05) is 0 Å². The molecule has 2 aromatic heterocycles. The van der Waals surface area contributed by atoms with E-state index in [1.165, 1.54) is 5.39 Å². The second kappa shape index (κ2) is 2.29. The summed E-state index contributed by atoms with van der Waals surface area (Å²) in [7, 11) is 0. The lowest BCUT2D eigenvalue weighted by Gasteiger charge is -1.95. The maximum absolute atomic E-state index is 4.12. The van der Waals surface area contributed by atoms with Crippen molar-refractivity contribution in [2.24, 2.45) is 0 Å². The molecule has 0 spiro atoms. The van der Waals surface area contributed by atoms with Crippen LogP contribution in [0.25, 0.3) is 21.7 Å². The number of aromatic nitrogens is 3. The molecular weight excluding hydrogens is 162 g/mol. The van der Waals surface area contributed by atoms with Gasteiger partial charge in [0.2, 0.25) is 0 Å². The van der Waals surface area contributed by atoms with Gasteiger partial charge in [0.15, 0.2) is 0 Å². The number of H-pyrrole nitrogens is 1. The van der Waals surface area contributed by atoms with E-state index in [9.17, 15) is 0 Å². The lowest BCUT2D eigenvalue weighted by molar-refractivity contribution is 1.12. The molecule has 62 valence electrons. The first-order chi connectivity index (χ1) is 6.45. The van der Waals surface area contributed by atoms with Crippen LogP contribution in [0.3, 0.4) is 0 Å². The van der Waals surface area contributed by atoms with Crippen molar-refractivity contribution in [2.45, 2.75) is 0 Å². The molecule has 1 N–H and O–H groups in total. The predicted octanol–water partition coefficient (Wildman–Crippen LogP) is 2.11. The van der Waals surface area contributed by atoms with Crippen LogP contribution in [-0.2, 0) is 0 Å². The number of nitrogens with one attached hydrogen (secondary N) is 1. The van der Waals surface area contributed by atoms with E-state index in [0.717, 1.165) is 16.3 Å². The smallest absolute Gasteiger partial charge is 0.0927 e. The summed E-state index contributed by atoms with van der Waals surface area (Å²) < 4.78 is 0. The van der Waals surface area contributed by atoms with E-state index in [-0.39, 0.29) is 0 Å². The van der Waals surface area contributed by atoms with Crippen LogP contribution in [0.1, 0.15) is 0 Å². The number of aromatic amines is 1. The van der Waals surface area contributed by atoms with Crippen molar-refractivity contribution in [1.82, 2.24) is 15.2 Å². The van der Waals surface area contributed by atoms with Crippen molar-refractivity contribution in [1.29, 1.82) is 0 Å². The van der Waals surface area contributed by atoms with Gasteiger partial charge < -0.3 is 0 Å². The summed E-state index contributed by atoms with van der Waals surface area (Å²) in [5, 5.41) is 10.4. The van der Waals surface area contributed by atoms with Crippen LogP contribution in [0.2, 0.25) is 0 Å². The van der Waals surface area contributed by atoms with Gasteiger partial charge in [-0.2, -0.15) is 5.10 Å². The molecule has 3 heteroatoms. The third-order valence-electron chi connectivity index (χ3n) is 2.24. The zero-order valence-corrected chi connectivity index (χ0v) is 6.86. The van der Waals surface area contributed by atoms with Gasteiger partial charge >= 0.3 is 0 Å². The number of pyridine rings is 1. The minimum Gasteiger partial charge on any atom is -0.284 e. The van der Waals surface area contributed by atoms with Crippen molar-refractivity contribution < 1.29 is 0 Å². The summed E-state index contributed by atoms with van der Waals surface area (Å²) in [5.41, 5.74) is 0.987. The zero-order valence-electron chi connectivity index (χ0n) is 6.86. The Hall–Kier alpha value is -1.90. The predicted molar refractivity (Wildman–Crippen MR) is 51.4 cm³/mol. The monoisotopic (exact) mass is 169 g/mol. The molecule has 0 fully saturated rings. The molecule has 0 aliphatic rings. The van der Waals surface area contributed by atoms with Gasteiger partial charge in [-0.25, -0.2) is 0 Å². The number of fused-ring (bicyclic) bond motifs is 3. The fourth-order valence-corrected chi connectivity index (χ4v) is 1.59. The topological polar surface area (TPSA) is 41.6 Å². The first kappa shape index (κ1) is 6.60. The molecule has 0 unspecified atom stereocenters. The molecule has 2 heterocycles. The van der Waals surface area contributed by atoms with E-state index < -0.39 is 0 Å². The van der Waals surface area contributed by atoms with Crippen molar-refractivity contribution in [3.8, 4) is 0 Å². The standard InChI is InChI=1S/C10H7N3/c1-2-10-9(6-12-13-10)8-5-11-4-3-7(1)8/h1-6H,(H,12,13). The van der Waals surface area contributed by atoms with Crippen LogP contribution in [-0.4, -0.2) is 15.2 Å². The van der Waals surface area contributed by atoms with Gasteiger partial charge in [-0.3, -0.25) is 10.1 Å². The molecule has 0 bridgehead atoms. The van der Waals surface area contributed by atoms with E-state index in [0.29, 0.717) is 0 Å². The number of benzene rings is 1. The van der Waals surface area contributed by atoms with Crippen LogP contribution in [0.15, 0.2) is 36.8 Å². The van der Waals surface area contributed by atoms with Crippen LogP contribution in [0.5, 0.6) is 0 Å². The quantitative estimate of drug-likeness (QED) is 0.560. The summed E-state index contributed by atoms with van der Waals surface area (Å²) in [6, 6.07) is 6.07. The SMILES string of the molecule is c1cc2ccc3n[nH]cc3c2cn1. The third kappa shape index (κ3) is 0.839. The van der Waals surface area contributed by atoms with E-state index in [2.05, 4.69) is 21.2 Å². The van der Waals surface area contributed by atoms with E-state index in [4.69, 9.17) is 0 Å². The Labute approximate surface area is 74.4 Å². The summed E-state index contributed by atoms with van der Waals surface area (Å²) in [6.45, 7) is 0. The molecule has 1 aromatic carbocycles. The largest absolute Gasteiger partial charge is 0.284 e. The molecule has 13 heavy (non-hydrogen) atoms. The average molecular weight is 169 g/mol. The lowest BCUT2D eigenvalue weighted by atomic mass is 10.1. The Morgan fingerprint density at radius 2 is 2.08 bits per heavy atom. The minimum absolute atomic E-state index is 0.987. The molecule has 0 saturated carbocycles.